The zero-order valence-corrected chi connectivity index (χ0v) is 21.9. The molecular weight excluding hydrogens is 486 g/mol. The topological polar surface area (TPSA) is 79.0 Å². The molecule has 8 heteroatoms. The molecule has 1 saturated heterocycles. The van der Waals surface area contributed by atoms with Crippen LogP contribution >= 0.6 is 0 Å². The largest absolute Gasteiger partial charge is 0.476 e. The van der Waals surface area contributed by atoms with Crippen molar-refractivity contribution in [3.63, 3.8) is 0 Å². The molecule has 0 radical (unpaired) electrons. The molecule has 37 heavy (non-hydrogen) atoms. The number of carbonyl (C=O) groups is 1. The molecule has 0 saturated carbocycles. The molecule has 1 atom stereocenters. The van der Waals surface area contributed by atoms with Gasteiger partial charge in [0, 0.05) is 13.1 Å². The number of fused-ring (bicyclic) bond motifs is 1. The third-order valence-electron chi connectivity index (χ3n) is 6.95. The lowest BCUT2D eigenvalue weighted by molar-refractivity contribution is -0.127. The quantitative estimate of drug-likeness (QED) is 0.505. The molecule has 1 amide bonds. The Morgan fingerprint density at radius 3 is 2.38 bits per heavy atom. The first kappa shape index (κ1) is 25.3. The Morgan fingerprint density at radius 1 is 0.946 bits per heavy atom. The number of likely N-dealkylation sites (tertiary alicyclic amines) is 1. The zero-order chi connectivity index (χ0) is 25.8. The number of amides is 1. The molecule has 2 aliphatic rings. The van der Waals surface area contributed by atoms with E-state index in [0.717, 1.165) is 30.8 Å². The van der Waals surface area contributed by atoms with E-state index in [1.165, 1.54) is 29.1 Å². The predicted octanol–water partition coefficient (Wildman–Crippen LogP) is 4.25. The summed E-state index contributed by atoms with van der Waals surface area (Å²) in [6, 6.07) is 21.9. The van der Waals surface area contributed by atoms with Gasteiger partial charge >= 0.3 is 0 Å². The van der Waals surface area contributed by atoms with E-state index in [0.29, 0.717) is 18.0 Å². The van der Waals surface area contributed by atoms with E-state index in [1.807, 2.05) is 25.1 Å². The molecule has 3 aromatic rings. The zero-order valence-electron chi connectivity index (χ0n) is 21.1. The maximum Gasteiger partial charge on any atom is 0.264 e. The first-order valence-corrected chi connectivity index (χ1v) is 14.3. The summed E-state index contributed by atoms with van der Waals surface area (Å²) < 4.78 is 34.3. The van der Waals surface area contributed by atoms with Gasteiger partial charge < -0.3 is 10.1 Å². The Kier molecular flexibility index (Phi) is 7.48. The van der Waals surface area contributed by atoms with Crippen molar-refractivity contribution in [2.75, 3.05) is 23.9 Å². The minimum Gasteiger partial charge on any atom is -0.476 e. The van der Waals surface area contributed by atoms with E-state index in [-0.39, 0.29) is 17.3 Å². The lowest BCUT2D eigenvalue weighted by Gasteiger charge is -2.35. The highest BCUT2D eigenvalue weighted by molar-refractivity contribution is 7.92. The molecule has 7 nitrogen and oxygen atoms in total. The van der Waals surface area contributed by atoms with Gasteiger partial charge in [0.25, 0.3) is 15.9 Å². The molecule has 0 bridgehead atoms. The number of hydrogen-bond acceptors (Lipinski definition) is 5. The molecule has 0 spiro atoms. The minimum atomic E-state index is -3.87. The summed E-state index contributed by atoms with van der Waals surface area (Å²) in [6.45, 7) is 5.39. The monoisotopic (exact) mass is 519 g/mol. The SMILES string of the molecule is Cc1ccc2c(c1)OC(C(=O)NCc1ccc(CN3CCCCC3)cc1)CN2S(=O)(=O)c1ccccc1. The smallest absolute Gasteiger partial charge is 0.264 e. The molecule has 5 rings (SSSR count). The van der Waals surface area contributed by atoms with Gasteiger partial charge in [-0.1, -0.05) is 55.0 Å². The third-order valence-corrected chi connectivity index (χ3v) is 8.75. The Morgan fingerprint density at radius 2 is 1.65 bits per heavy atom. The number of nitrogens with one attached hydrogen (secondary N) is 1. The highest BCUT2D eigenvalue weighted by Crippen LogP contribution is 2.37. The summed E-state index contributed by atoms with van der Waals surface area (Å²) in [5.41, 5.74) is 3.60. The average molecular weight is 520 g/mol. The fraction of sp³-hybridized carbons (Fsp3) is 0.345. The number of benzene rings is 3. The van der Waals surface area contributed by atoms with E-state index in [9.17, 15) is 13.2 Å². The van der Waals surface area contributed by atoms with Crippen LogP contribution in [0, 0.1) is 6.92 Å². The summed E-state index contributed by atoms with van der Waals surface area (Å²) in [5.74, 6) is 0.0331. The van der Waals surface area contributed by atoms with Gasteiger partial charge in [-0.25, -0.2) is 8.42 Å². The molecular formula is C29H33N3O4S. The number of carbonyl (C=O) groups excluding carboxylic acids is 1. The first-order valence-electron chi connectivity index (χ1n) is 12.8. The summed E-state index contributed by atoms with van der Waals surface area (Å²) in [6.07, 6.45) is 2.88. The maximum atomic E-state index is 13.5. The molecule has 1 N–H and O–H groups in total. The van der Waals surface area contributed by atoms with Gasteiger partial charge in [-0.15, -0.1) is 0 Å². The van der Waals surface area contributed by atoms with Crippen LogP contribution < -0.4 is 14.4 Å². The molecule has 194 valence electrons. The lowest BCUT2D eigenvalue weighted by Crippen LogP contribution is -2.50. The van der Waals surface area contributed by atoms with Gasteiger partial charge in [-0.2, -0.15) is 0 Å². The van der Waals surface area contributed by atoms with Crippen LogP contribution in [0.2, 0.25) is 0 Å². The second kappa shape index (κ2) is 10.9. The normalized spacial score (nSPS) is 18.1. The van der Waals surface area contributed by atoms with E-state index in [2.05, 4.69) is 22.3 Å². The molecule has 1 fully saturated rings. The fourth-order valence-corrected chi connectivity index (χ4v) is 6.38. The number of anilines is 1. The number of sulfonamides is 1. The van der Waals surface area contributed by atoms with Crippen molar-refractivity contribution in [3.05, 3.63) is 89.5 Å². The van der Waals surface area contributed by atoms with E-state index in [4.69, 9.17) is 4.74 Å². The van der Waals surface area contributed by atoms with Crippen molar-refractivity contribution in [2.24, 2.45) is 0 Å². The Bertz CT molecular complexity index is 1340. The van der Waals surface area contributed by atoms with Crippen molar-refractivity contribution in [3.8, 4) is 5.75 Å². The van der Waals surface area contributed by atoms with Crippen LogP contribution in [0.4, 0.5) is 5.69 Å². The third kappa shape index (κ3) is 5.81. The predicted molar refractivity (Wildman–Crippen MR) is 144 cm³/mol. The number of ether oxygens (including phenoxy) is 1. The highest BCUT2D eigenvalue weighted by atomic mass is 32.2. The van der Waals surface area contributed by atoms with E-state index >= 15 is 0 Å². The molecule has 0 aliphatic carbocycles. The minimum absolute atomic E-state index is 0.103. The Balaban J connectivity index is 1.27. The number of nitrogens with zero attached hydrogens (tertiary/aromatic N) is 2. The summed E-state index contributed by atoms with van der Waals surface area (Å²) in [7, 11) is -3.87. The molecule has 2 aliphatic heterocycles. The number of hydrogen-bond donors (Lipinski definition) is 1. The molecule has 3 aromatic carbocycles. The van der Waals surface area contributed by atoms with Crippen molar-refractivity contribution >= 4 is 21.6 Å². The second-order valence-electron chi connectivity index (χ2n) is 9.80. The van der Waals surface area contributed by atoms with Gasteiger partial charge in [0.15, 0.2) is 6.10 Å². The fourth-order valence-electron chi connectivity index (χ4n) is 4.89. The van der Waals surface area contributed by atoms with Gasteiger partial charge in [-0.05, 0) is 73.8 Å². The van der Waals surface area contributed by atoms with Crippen LogP contribution in [-0.4, -0.2) is 45.0 Å². The van der Waals surface area contributed by atoms with Crippen LogP contribution in [0.15, 0.2) is 77.7 Å². The van der Waals surface area contributed by atoms with Crippen LogP contribution in [0.1, 0.15) is 36.0 Å². The summed E-state index contributed by atoms with van der Waals surface area (Å²) in [5, 5.41) is 2.93. The van der Waals surface area contributed by atoms with Crippen molar-refractivity contribution < 1.29 is 17.9 Å². The molecule has 1 unspecified atom stereocenters. The van der Waals surface area contributed by atoms with Crippen LogP contribution in [0.25, 0.3) is 0 Å². The van der Waals surface area contributed by atoms with E-state index in [1.54, 1.807) is 42.5 Å². The Hall–Kier alpha value is -3.36. The van der Waals surface area contributed by atoms with Crippen molar-refractivity contribution in [1.82, 2.24) is 10.2 Å². The van der Waals surface area contributed by atoms with Crippen LogP contribution in [0.3, 0.4) is 0 Å². The second-order valence-corrected chi connectivity index (χ2v) is 11.7. The van der Waals surface area contributed by atoms with Gasteiger partial charge in [0.1, 0.15) is 5.75 Å². The summed E-state index contributed by atoms with van der Waals surface area (Å²) in [4.78, 5) is 15.8. The standard InChI is InChI=1S/C29H33N3O4S/c1-22-10-15-26-27(18-22)36-28(21-32(26)37(34,35)25-8-4-2-5-9-25)29(33)30-19-23-11-13-24(14-12-23)20-31-16-6-3-7-17-31/h2,4-5,8-15,18,28H,3,6-7,16-17,19-21H2,1H3,(H,30,33). The van der Waals surface area contributed by atoms with Gasteiger partial charge in [-0.3, -0.25) is 14.0 Å². The first-order chi connectivity index (χ1) is 17.9. The number of piperidine rings is 1. The Labute approximate surface area is 219 Å². The average Bonchev–Trinajstić information content (AvgIpc) is 2.92. The van der Waals surface area contributed by atoms with Crippen LogP contribution in [0.5, 0.6) is 5.75 Å². The highest BCUT2D eigenvalue weighted by Gasteiger charge is 2.37. The maximum absolute atomic E-state index is 13.5. The molecule has 2 heterocycles. The van der Waals surface area contributed by atoms with Crippen LogP contribution in [-0.2, 0) is 27.9 Å². The van der Waals surface area contributed by atoms with Crippen molar-refractivity contribution in [1.29, 1.82) is 0 Å². The summed E-state index contributed by atoms with van der Waals surface area (Å²) >= 11 is 0. The van der Waals surface area contributed by atoms with E-state index < -0.39 is 16.1 Å². The van der Waals surface area contributed by atoms with Gasteiger partial charge in [0.2, 0.25) is 0 Å². The molecule has 0 aromatic heterocycles. The lowest BCUT2D eigenvalue weighted by atomic mass is 10.1. The van der Waals surface area contributed by atoms with Gasteiger partial charge in [0.05, 0.1) is 17.1 Å². The number of rotatable bonds is 7. The van der Waals surface area contributed by atoms with Crippen molar-refractivity contribution in [2.45, 2.75) is 50.3 Å². The number of aryl methyl sites for hydroxylation is 1.